The van der Waals surface area contributed by atoms with Gasteiger partial charge in [-0.1, -0.05) is 0 Å². The molecule has 1 saturated heterocycles. The molecule has 4 N–H and O–H groups in total. The predicted octanol–water partition coefficient (Wildman–Crippen LogP) is 1.94. The van der Waals surface area contributed by atoms with Gasteiger partial charge in [-0.15, -0.1) is 0 Å². The largest absolute Gasteiger partial charge is 0.381 e. The van der Waals surface area contributed by atoms with Crippen molar-refractivity contribution in [3.63, 3.8) is 0 Å². The fourth-order valence-corrected chi connectivity index (χ4v) is 3.38. The molecule has 0 radical (unpaired) electrons. The average molecular weight is 334 g/mol. The van der Waals surface area contributed by atoms with Crippen LogP contribution >= 0.6 is 11.8 Å². The SMILES string of the molecule is Cc1[nH]cnc1CSCCNc1cc(C2CCOC2)nc(N)n1. The lowest BCUT2D eigenvalue weighted by Gasteiger charge is -2.11. The van der Waals surface area contributed by atoms with Crippen molar-refractivity contribution in [1.29, 1.82) is 0 Å². The van der Waals surface area contributed by atoms with E-state index in [1.165, 1.54) is 0 Å². The molecule has 0 spiro atoms. The van der Waals surface area contributed by atoms with Crippen molar-refractivity contribution in [2.45, 2.75) is 25.0 Å². The highest BCUT2D eigenvalue weighted by Gasteiger charge is 2.20. The molecule has 3 heterocycles. The number of nitrogens with zero attached hydrogens (tertiary/aromatic N) is 3. The van der Waals surface area contributed by atoms with E-state index in [1.54, 1.807) is 6.33 Å². The molecule has 124 valence electrons. The minimum atomic E-state index is 0.316. The summed E-state index contributed by atoms with van der Waals surface area (Å²) < 4.78 is 5.42. The Bertz CT molecular complexity index is 641. The molecule has 0 aromatic carbocycles. The Morgan fingerprint density at radius 3 is 3.13 bits per heavy atom. The number of ether oxygens (including phenoxy) is 1. The van der Waals surface area contributed by atoms with E-state index < -0.39 is 0 Å². The molecule has 23 heavy (non-hydrogen) atoms. The number of nitrogens with one attached hydrogen (secondary N) is 2. The van der Waals surface area contributed by atoms with E-state index in [2.05, 4.69) is 25.3 Å². The van der Waals surface area contributed by atoms with Gasteiger partial charge in [-0.25, -0.2) is 9.97 Å². The Labute approximate surface area is 139 Å². The summed E-state index contributed by atoms with van der Waals surface area (Å²) in [5.41, 5.74) is 9.04. The van der Waals surface area contributed by atoms with Crippen LogP contribution in [0.25, 0.3) is 0 Å². The van der Waals surface area contributed by atoms with Crippen molar-refractivity contribution in [2.24, 2.45) is 0 Å². The molecule has 2 aromatic rings. The second kappa shape index (κ2) is 7.65. The number of aromatic nitrogens is 4. The number of hydrogen-bond acceptors (Lipinski definition) is 7. The highest BCUT2D eigenvalue weighted by atomic mass is 32.2. The number of aromatic amines is 1. The van der Waals surface area contributed by atoms with E-state index in [9.17, 15) is 0 Å². The number of thioether (sulfide) groups is 1. The van der Waals surface area contributed by atoms with Gasteiger partial charge in [-0.05, 0) is 13.3 Å². The van der Waals surface area contributed by atoms with Gasteiger partial charge in [0, 0.05) is 42.3 Å². The van der Waals surface area contributed by atoms with Crippen molar-refractivity contribution < 1.29 is 4.74 Å². The quantitative estimate of drug-likeness (QED) is 0.665. The van der Waals surface area contributed by atoms with Crippen LogP contribution in [0.4, 0.5) is 11.8 Å². The van der Waals surface area contributed by atoms with E-state index in [4.69, 9.17) is 10.5 Å². The van der Waals surface area contributed by atoms with Crippen LogP contribution in [0.2, 0.25) is 0 Å². The zero-order valence-corrected chi connectivity index (χ0v) is 14.0. The topological polar surface area (TPSA) is 102 Å². The van der Waals surface area contributed by atoms with Gasteiger partial charge in [0.15, 0.2) is 0 Å². The molecule has 1 fully saturated rings. The van der Waals surface area contributed by atoms with E-state index >= 15 is 0 Å². The third-order valence-corrected chi connectivity index (χ3v) is 4.81. The van der Waals surface area contributed by atoms with Crippen LogP contribution in [0.15, 0.2) is 12.4 Å². The number of anilines is 2. The van der Waals surface area contributed by atoms with Crippen LogP contribution < -0.4 is 11.1 Å². The number of nitrogens with two attached hydrogens (primary N) is 1. The molecule has 8 heteroatoms. The first-order valence-corrected chi connectivity index (χ1v) is 8.90. The summed E-state index contributed by atoms with van der Waals surface area (Å²) in [5, 5.41) is 3.32. The maximum absolute atomic E-state index is 5.82. The molecule has 1 aliphatic rings. The number of imidazole rings is 1. The van der Waals surface area contributed by atoms with Crippen molar-refractivity contribution in [1.82, 2.24) is 19.9 Å². The molecule has 0 amide bonds. The molecule has 7 nitrogen and oxygen atoms in total. The Kier molecular flexibility index (Phi) is 5.35. The number of aryl methyl sites for hydroxylation is 1. The molecule has 1 aliphatic heterocycles. The lowest BCUT2D eigenvalue weighted by molar-refractivity contribution is 0.193. The lowest BCUT2D eigenvalue weighted by atomic mass is 10.0. The number of hydrogen-bond donors (Lipinski definition) is 3. The first kappa shape index (κ1) is 16.1. The second-order valence-corrected chi connectivity index (χ2v) is 6.66. The van der Waals surface area contributed by atoms with Crippen LogP contribution in [-0.2, 0) is 10.5 Å². The van der Waals surface area contributed by atoms with E-state index in [0.29, 0.717) is 11.9 Å². The summed E-state index contributed by atoms with van der Waals surface area (Å²) in [6, 6.07) is 1.98. The number of rotatable bonds is 7. The van der Waals surface area contributed by atoms with Gasteiger partial charge in [0.1, 0.15) is 5.82 Å². The normalized spacial score (nSPS) is 17.5. The van der Waals surface area contributed by atoms with E-state index in [-0.39, 0.29) is 0 Å². The standard InChI is InChI=1S/C15H22N6OS/c1-10-13(19-9-18-10)8-23-5-3-17-14-6-12(20-15(16)21-14)11-2-4-22-7-11/h6,9,11H,2-5,7-8H2,1H3,(H,18,19)(H3,16,17,20,21). The Morgan fingerprint density at radius 1 is 1.48 bits per heavy atom. The summed E-state index contributed by atoms with van der Waals surface area (Å²) in [5.74, 6) is 3.32. The van der Waals surface area contributed by atoms with Gasteiger partial charge in [0.05, 0.1) is 24.3 Å². The number of H-pyrrole nitrogens is 1. The second-order valence-electron chi connectivity index (χ2n) is 5.55. The maximum Gasteiger partial charge on any atom is 0.222 e. The van der Waals surface area contributed by atoms with Crippen LogP contribution in [0.1, 0.15) is 29.4 Å². The van der Waals surface area contributed by atoms with E-state index in [1.807, 2.05) is 24.8 Å². The Hall–Kier alpha value is -1.80. The Balaban J connectivity index is 1.47. The van der Waals surface area contributed by atoms with Gasteiger partial charge in [0.25, 0.3) is 0 Å². The first-order valence-electron chi connectivity index (χ1n) is 7.75. The number of nitrogen functional groups attached to an aromatic ring is 1. The molecule has 1 atom stereocenters. The van der Waals surface area contributed by atoms with Gasteiger partial charge in [0.2, 0.25) is 5.95 Å². The van der Waals surface area contributed by atoms with Crippen LogP contribution in [0, 0.1) is 6.92 Å². The zero-order valence-electron chi connectivity index (χ0n) is 13.2. The van der Waals surface area contributed by atoms with Crippen LogP contribution in [-0.4, -0.2) is 45.4 Å². The fraction of sp³-hybridized carbons (Fsp3) is 0.533. The van der Waals surface area contributed by atoms with E-state index in [0.717, 1.165) is 60.6 Å². The van der Waals surface area contributed by atoms with Gasteiger partial charge in [-0.2, -0.15) is 16.7 Å². The van der Waals surface area contributed by atoms with Crippen LogP contribution in [0.5, 0.6) is 0 Å². The third kappa shape index (κ3) is 4.35. The van der Waals surface area contributed by atoms with Crippen LogP contribution in [0.3, 0.4) is 0 Å². The highest BCUT2D eigenvalue weighted by molar-refractivity contribution is 7.98. The summed E-state index contributed by atoms with van der Waals surface area (Å²) in [6.07, 6.45) is 2.73. The van der Waals surface area contributed by atoms with Crippen molar-refractivity contribution in [2.75, 3.05) is 36.6 Å². The summed E-state index contributed by atoms with van der Waals surface area (Å²) >= 11 is 1.84. The fourth-order valence-electron chi connectivity index (χ4n) is 2.51. The Morgan fingerprint density at radius 2 is 2.39 bits per heavy atom. The summed E-state index contributed by atoms with van der Waals surface area (Å²) in [7, 11) is 0. The highest BCUT2D eigenvalue weighted by Crippen LogP contribution is 2.25. The molecule has 0 aliphatic carbocycles. The van der Waals surface area contributed by atoms with Gasteiger partial charge in [-0.3, -0.25) is 0 Å². The first-order chi connectivity index (χ1) is 11.2. The molecular formula is C15H22N6OS. The van der Waals surface area contributed by atoms with Gasteiger partial charge >= 0.3 is 0 Å². The molecule has 2 aromatic heterocycles. The monoisotopic (exact) mass is 334 g/mol. The van der Waals surface area contributed by atoms with Crippen molar-refractivity contribution in [3.8, 4) is 0 Å². The van der Waals surface area contributed by atoms with Crippen molar-refractivity contribution in [3.05, 3.63) is 29.5 Å². The zero-order chi connectivity index (χ0) is 16.1. The molecule has 3 rings (SSSR count). The average Bonchev–Trinajstić information content (AvgIpc) is 3.18. The van der Waals surface area contributed by atoms with Crippen molar-refractivity contribution >= 4 is 23.5 Å². The minimum absolute atomic E-state index is 0.316. The summed E-state index contributed by atoms with van der Waals surface area (Å²) in [4.78, 5) is 16.0. The lowest BCUT2D eigenvalue weighted by Crippen LogP contribution is -2.11. The molecule has 0 saturated carbocycles. The maximum atomic E-state index is 5.82. The molecule has 1 unspecified atom stereocenters. The molecule has 0 bridgehead atoms. The summed E-state index contributed by atoms with van der Waals surface area (Å²) in [6.45, 7) is 4.37. The predicted molar refractivity (Wildman–Crippen MR) is 92.6 cm³/mol. The smallest absolute Gasteiger partial charge is 0.222 e. The minimum Gasteiger partial charge on any atom is -0.381 e. The van der Waals surface area contributed by atoms with Gasteiger partial charge < -0.3 is 20.8 Å². The molecular weight excluding hydrogens is 312 g/mol. The third-order valence-electron chi connectivity index (χ3n) is 3.84.